The standard InChI is InChI=1S/C14H13Cl2N5O2/c1-7-17-14-19-13(23)8(6-21(14)20-7)2-12(22)18-11-4-9(15)3-10(16)5-11/h3-5,8H,2,6H2,1H3,(H,18,22)(H,17,19,20,23)/t8-/m1/s1. The molecule has 2 amide bonds. The predicted octanol–water partition coefficient (Wildman–Crippen LogP) is 2.49. The first-order valence-corrected chi connectivity index (χ1v) is 7.64. The van der Waals surface area contributed by atoms with Gasteiger partial charge in [-0.2, -0.15) is 10.1 Å². The molecule has 0 spiro atoms. The van der Waals surface area contributed by atoms with Gasteiger partial charge in [0.2, 0.25) is 17.8 Å². The summed E-state index contributed by atoms with van der Waals surface area (Å²) in [7, 11) is 0. The molecule has 0 fully saturated rings. The van der Waals surface area contributed by atoms with Crippen molar-refractivity contribution in [3.8, 4) is 0 Å². The molecule has 23 heavy (non-hydrogen) atoms. The van der Waals surface area contributed by atoms with E-state index in [0.29, 0.717) is 34.1 Å². The smallest absolute Gasteiger partial charge is 0.232 e. The third-order valence-corrected chi connectivity index (χ3v) is 3.79. The molecule has 9 heteroatoms. The number of nitrogens with zero attached hydrogens (tertiary/aromatic N) is 3. The highest BCUT2D eigenvalue weighted by molar-refractivity contribution is 6.35. The number of hydrogen-bond donors (Lipinski definition) is 2. The van der Waals surface area contributed by atoms with Crippen molar-refractivity contribution in [3.63, 3.8) is 0 Å². The summed E-state index contributed by atoms with van der Waals surface area (Å²) in [4.78, 5) is 28.3. The summed E-state index contributed by atoms with van der Waals surface area (Å²) < 4.78 is 1.59. The number of nitrogens with one attached hydrogen (secondary N) is 2. The molecule has 1 atom stereocenters. The molecule has 2 N–H and O–H groups in total. The van der Waals surface area contributed by atoms with Gasteiger partial charge in [-0.25, -0.2) is 4.68 Å². The quantitative estimate of drug-likeness (QED) is 0.886. The number of aromatic nitrogens is 3. The summed E-state index contributed by atoms with van der Waals surface area (Å²) in [6.07, 6.45) is 0.0221. The fourth-order valence-electron chi connectivity index (χ4n) is 2.40. The number of carbonyl (C=O) groups excluding carboxylic acids is 2. The summed E-state index contributed by atoms with van der Waals surface area (Å²) >= 11 is 11.8. The number of carbonyl (C=O) groups is 2. The van der Waals surface area contributed by atoms with Gasteiger partial charge in [-0.1, -0.05) is 23.2 Å². The van der Waals surface area contributed by atoms with Gasteiger partial charge >= 0.3 is 0 Å². The summed E-state index contributed by atoms with van der Waals surface area (Å²) in [5, 5.41) is 10.4. The van der Waals surface area contributed by atoms with E-state index in [-0.39, 0.29) is 18.2 Å². The maximum atomic E-state index is 12.1. The minimum Gasteiger partial charge on any atom is -0.326 e. The molecule has 1 aliphatic rings. The Hall–Kier alpha value is -2.12. The van der Waals surface area contributed by atoms with E-state index in [1.54, 1.807) is 29.8 Å². The molecule has 0 unspecified atom stereocenters. The molecule has 7 nitrogen and oxygen atoms in total. The number of anilines is 2. The topological polar surface area (TPSA) is 88.9 Å². The van der Waals surface area contributed by atoms with E-state index in [1.165, 1.54) is 0 Å². The van der Waals surface area contributed by atoms with Crippen molar-refractivity contribution in [2.24, 2.45) is 5.92 Å². The fourth-order valence-corrected chi connectivity index (χ4v) is 2.92. The zero-order valence-corrected chi connectivity index (χ0v) is 13.6. The van der Waals surface area contributed by atoms with Crippen LogP contribution in [0.15, 0.2) is 18.2 Å². The molecular weight excluding hydrogens is 341 g/mol. The Labute approximate surface area is 142 Å². The Balaban J connectivity index is 1.67. The van der Waals surface area contributed by atoms with Gasteiger partial charge in [0.1, 0.15) is 5.82 Å². The fraction of sp³-hybridized carbons (Fsp3) is 0.286. The number of amides is 2. The monoisotopic (exact) mass is 353 g/mol. The predicted molar refractivity (Wildman–Crippen MR) is 86.6 cm³/mol. The highest BCUT2D eigenvalue weighted by Crippen LogP contribution is 2.24. The SMILES string of the molecule is Cc1nc2n(n1)C[C@@H](CC(=O)Nc1cc(Cl)cc(Cl)c1)C(=O)N2. The number of halogens is 2. The minimum atomic E-state index is -0.516. The molecule has 120 valence electrons. The Morgan fingerprint density at radius 1 is 1.39 bits per heavy atom. The lowest BCUT2D eigenvalue weighted by atomic mass is 10.0. The lowest BCUT2D eigenvalue weighted by Crippen LogP contribution is -2.36. The molecule has 1 aromatic heterocycles. The van der Waals surface area contributed by atoms with Crippen molar-refractivity contribution in [2.45, 2.75) is 19.9 Å². The Bertz CT molecular complexity index is 769. The van der Waals surface area contributed by atoms with Crippen LogP contribution in [0.25, 0.3) is 0 Å². The number of hydrogen-bond acceptors (Lipinski definition) is 4. The molecule has 0 aliphatic carbocycles. The Morgan fingerprint density at radius 3 is 2.78 bits per heavy atom. The molecule has 2 aromatic rings. The van der Waals surface area contributed by atoms with Gasteiger partial charge in [0.25, 0.3) is 0 Å². The molecule has 1 aliphatic heterocycles. The van der Waals surface area contributed by atoms with Crippen LogP contribution in [0, 0.1) is 12.8 Å². The van der Waals surface area contributed by atoms with Gasteiger partial charge in [0.05, 0.1) is 12.5 Å². The largest absolute Gasteiger partial charge is 0.326 e. The van der Waals surface area contributed by atoms with Crippen molar-refractivity contribution in [2.75, 3.05) is 10.6 Å². The number of benzene rings is 1. The van der Waals surface area contributed by atoms with Gasteiger partial charge in [-0.3, -0.25) is 14.9 Å². The Kier molecular flexibility index (Phi) is 4.23. The lowest BCUT2D eigenvalue weighted by molar-refractivity contribution is -0.125. The highest BCUT2D eigenvalue weighted by Gasteiger charge is 2.29. The van der Waals surface area contributed by atoms with E-state index in [0.717, 1.165) is 0 Å². The van der Waals surface area contributed by atoms with E-state index in [9.17, 15) is 9.59 Å². The molecule has 0 saturated heterocycles. The lowest BCUT2D eigenvalue weighted by Gasteiger charge is -2.21. The summed E-state index contributed by atoms with van der Waals surface area (Å²) in [5.41, 5.74) is 0.487. The number of rotatable bonds is 3. The molecule has 2 heterocycles. The molecule has 0 saturated carbocycles. The van der Waals surface area contributed by atoms with Gasteiger partial charge < -0.3 is 5.32 Å². The van der Waals surface area contributed by atoms with E-state index in [1.807, 2.05) is 0 Å². The van der Waals surface area contributed by atoms with E-state index in [4.69, 9.17) is 23.2 Å². The molecule has 0 radical (unpaired) electrons. The third-order valence-electron chi connectivity index (χ3n) is 3.35. The van der Waals surface area contributed by atoms with Crippen molar-refractivity contribution in [1.29, 1.82) is 0 Å². The maximum absolute atomic E-state index is 12.1. The van der Waals surface area contributed by atoms with Gasteiger partial charge in [-0.05, 0) is 25.1 Å². The van der Waals surface area contributed by atoms with Gasteiger partial charge in [-0.15, -0.1) is 0 Å². The van der Waals surface area contributed by atoms with Crippen molar-refractivity contribution < 1.29 is 9.59 Å². The van der Waals surface area contributed by atoms with Crippen LogP contribution in [-0.4, -0.2) is 26.6 Å². The minimum absolute atomic E-state index is 0.0221. The first-order valence-electron chi connectivity index (χ1n) is 6.89. The third kappa shape index (κ3) is 3.62. The van der Waals surface area contributed by atoms with Crippen LogP contribution in [0.3, 0.4) is 0 Å². The van der Waals surface area contributed by atoms with Crippen LogP contribution in [0.1, 0.15) is 12.2 Å². The van der Waals surface area contributed by atoms with Crippen LogP contribution in [0.5, 0.6) is 0 Å². The van der Waals surface area contributed by atoms with Gasteiger partial charge in [0, 0.05) is 22.2 Å². The zero-order chi connectivity index (χ0) is 16.6. The Morgan fingerprint density at radius 2 is 2.09 bits per heavy atom. The first kappa shape index (κ1) is 15.8. The summed E-state index contributed by atoms with van der Waals surface area (Å²) in [5.74, 6) is -0.0871. The zero-order valence-electron chi connectivity index (χ0n) is 12.1. The average molecular weight is 354 g/mol. The van der Waals surface area contributed by atoms with Gasteiger partial charge in [0.15, 0.2) is 0 Å². The van der Waals surface area contributed by atoms with E-state index < -0.39 is 5.92 Å². The molecular formula is C14H13Cl2N5O2. The van der Waals surface area contributed by atoms with Crippen LogP contribution in [-0.2, 0) is 16.1 Å². The number of aryl methyl sites for hydroxylation is 1. The summed E-state index contributed by atoms with van der Waals surface area (Å²) in [6.45, 7) is 2.05. The van der Waals surface area contributed by atoms with Crippen LogP contribution in [0.2, 0.25) is 10.0 Å². The van der Waals surface area contributed by atoms with Crippen LogP contribution in [0.4, 0.5) is 11.6 Å². The maximum Gasteiger partial charge on any atom is 0.232 e. The van der Waals surface area contributed by atoms with E-state index in [2.05, 4.69) is 20.7 Å². The van der Waals surface area contributed by atoms with E-state index >= 15 is 0 Å². The van der Waals surface area contributed by atoms with Crippen molar-refractivity contribution >= 4 is 46.7 Å². The normalized spacial score (nSPS) is 16.7. The molecule has 0 bridgehead atoms. The second-order valence-electron chi connectivity index (χ2n) is 5.26. The molecule has 3 rings (SSSR count). The second-order valence-corrected chi connectivity index (χ2v) is 6.13. The average Bonchev–Trinajstić information content (AvgIpc) is 2.76. The second kappa shape index (κ2) is 6.17. The first-order chi connectivity index (χ1) is 10.9. The summed E-state index contributed by atoms with van der Waals surface area (Å²) in [6, 6.07) is 4.75. The highest BCUT2D eigenvalue weighted by atomic mass is 35.5. The van der Waals surface area contributed by atoms with Crippen molar-refractivity contribution in [1.82, 2.24) is 14.8 Å². The van der Waals surface area contributed by atoms with Crippen molar-refractivity contribution in [3.05, 3.63) is 34.1 Å². The molecule has 1 aromatic carbocycles. The number of fused-ring (bicyclic) bond motifs is 1. The van der Waals surface area contributed by atoms with Crippen LogP contribution < -0.4 is 10.6 Å². The van der Waals surface area contributed by atoms with Crippen LogP contribution >= 0.6 is 23.2 Å².